The van der Waals surface area contributed by atoms with Gasteiger partial charge >= 0.3 is 0 Å². The van der Waals surface area contributed by atoms with Gasteiger partial charge in [-0.25, -0.2) is 9.29 Å². The Morgan fingerprint density at radius 2 is 1.96 bits per heavy atom. The zero-order valence-electron chi connectivity index (χ0n) is 14.7. The lowest BCUT2D eigenvalue weighted by atomic mass is 9.84. The number of halogens is 1. The van der Waals surface area contributed by atoms with Crippen LogP contribution in [-0.2, 0) is 20.8 Å². The molecule has 0 bridgehead atoms. The van der Waals surface area contributed by atoms with E-state index < -0.39 is 23.7 Å². The van der Waals surface area contributed by atoms with E-state index in [0.29, 0.717) is 18.4 Å². The number of nitrogens with zero attached hydrogens (tertiary/aromatic N) is 3. The molecule has 1 fully saturated rings. The molecule has 4 rings (SSSR count). The number of carbonyl (C=O) groups is 3. The minimum Gasteiger partial charge on any atom is -0.319 e. The Labute approximate surface area is 155 Å². The summed E-state index contributed by atoms with van der Waals surface area (Å²) in [4.78, 5) is 36.9. The van der Waals surface area contributed by atoms with Crippen LogP contribution in [0.4, 0.5) is 10.1 Å². The van der Waals surface area contributed by atoms with E-state index in [2.05, 4.69) is 10.2 Å². The molecule has 2 heterocycles. The number of hydrogen-bond acceptors (Lipinski definition) is 5. The maximum Gasteiger partial charge on any atom is 0.291 e. The van der Waals surface area contributed by atoms with Crippen molar-refractivity contribution in [1.82, 2.24) is 0 Å². The van der Waals surface area contributed by atoms with E-state index in [1.807, 2.05) is 0 Å². The lowest BCUT2D eigenvalue weighted by Crippen LogP contribution is -2.35. The predicted octanol–water partition coefficient (Wildman–Crippen LogP) is 2.19. The van der Waals surface area contributed by atoms with E-state index >= 15 is 0 Å². The topological polar surface area (TPSA) is 105 Å². The van der Waals surface area contributed by atoms with Gasteiger partial charge in [-0.05, 0) is 49.0 Å². The third kappa shape index (κ3) is 3.10. The molecule has 0 aromatic heterocycles. The SMILES string of the molecule is N[C@H]1CC(=O)N(c2cc(CC3N=NC(=O)C4=C3CCCC4)ccc2F)C1=O. The van der Waals surface area contributed by atoms with E-state index in [-0.39, 0.29) is 24.1 Å². The monoisotopic (exact) mass is 370 g/mol. The second-order valence-electron chi connectivity index (χ2n) is 7.12. The molecule has 0 radical (unpaired) electrons. The van der Waals surface area contributed by atoms with Crippen LogP contribution in [0.1, 0.15) is 37.7 Å². The lowest BCUT2D eigenvalue weighted by Gasteiger charge is -2.26. The van der Waals surface area contributed by atoms with E-state index in [4.69, 9.17) is 5.73 Å². The lowest BCUT2D eigenvalue weighted by molar-refractivity contribution is -0.121. The first kappa shape index (κ1) is 17.7. The van der Waals surface area contributed by atoms with Crippen molar-refractivity contribution in [2.45, 2.75) is 50.6 Å². The number of rotatable bonds is 3. The summed E-state index contributed by atoms with van der Waals surface area (Å²) >= 11 is 0. The molecule has 2 atom stereocenters. The van der Waals surface area contributed by atoms with Crippen LogP contribution in [0.5, 0.6) is 0 Å². The van der Waals surface area contributed by atoms with Gasteiger partial charge < -0.3 is 5.73 Å². The molecule has 1 unspecified atom stereocenters. The quantitative estimate of drug-likeness (QED) is 0.823. The van der Waals surface area contributed by atoms with E-state index in [0.717, 1.165) is 35.3 Å². The Hall–Kier alpha value is -2.74. The van der Waals surface area contributed by atoms with E-state index in [1.165, 1.54) is 12.1 Å². The number of azo groups is 1. The van der Waals surface area contributed by atoms with Gasteiger partial charge in [-0.2, -0.15) is 5.11 Å². The number of anilines is 1. The molecule has 3 aliphatic rings. The molecule has 1 saturated heterocycles. The molecule has 27 heavy (non-hydrogen) atoms. The molecule has 1 aromatic rings. The van der Waals surface area contributed by atoms with Crippen molar-refractivity contribution in [1.29, 1.82) is 0 Å². The van der Waals surface area contributed by atoms with Crippen LogP contribution in [0.2, 0.25) is 0 Å². The molecule has 7 nitrogen and oxygen atoms in total. The summed E-state index contributed by atoms with van der Waals surface area (Å²) in [6.07, 6.45) is 3.78. The van der Waals surface area contributed by atoms with Gasteiger partial charge in [-0.15, -0.1) is 5.11 Å². The highest BCUT2D eigenvalue weighted by Gasteiger charge is 2.38. The van der Waals surface area contributed by atoms with Gasteiger partial charge in [0.1, 0.15) is 5.82 Å². The van der Waals surface area contributed by atoms with Crippen molar-refractivity contribution < 1.29 is 18.8 Å². The Bertz CT molecular complexity index is 908. The first-order valence-corrected chi connectivity index (χ1v) is 9.03. The molecule has 1 aromatic carbocycles. The van der Waals surface area contributed by atoms with Crippen LogP contribution in [-0.4, -0.2) is 29.8 Å². The second kappa shape index (κ2) is 6.77. The summed E-state index contributed by atoms with van der Waals surface area (Å²) < 4.78 is 14.3. The Kier molecular flexibility index (Phi) is 4.43. The van der Waals surface area contributed by atoms with Crippen LogP contribution in [0.3, 0.4) is 0 Å². The summed E-state index contributed by atoms with van der Waals surface area (Å²) in [5.74, 6) is -2.03. The van der Waals surface area contributed by atoms with Crippen molar-refractivity contribution >= 4 is 23.4 Å². The molecular weight excluding hydrogens is 351 g/mol. The third-order valence-corrected chi connectivity index (χ3v) is 5.32. The highest BCUT2D eigenvalue weighted by Crippen LogP contribution is 2.34. The molecule has 3 amide bonds. The number of nitrogens with two attached hydrogens (primary N) is 1. The summed E-state index contributed by atoms with van der Waals surface area (Å²) in [7, 11) is 0. The minimum atomic E-state index is -0.936. The van der Waals surface area contributed by atoms with Gasteiger partial charge in [0.25, 0.3) is 11.8 Å². The zero-order valence-corrected chi connectivity index (χ0v) is 14.7. The Balaban J connectivity index is 1.63. The summed E-state index contributed by atoms with van der Waals surface area (Å²) in [6.45, 7) is 0. The molecular formula is C19H19FN4O3. The first-order valence-electron chi connectivity index (χ1n) is 9.03. The highest BCUT2D eigenvalue weighted by atomic mass is 19.1. The fourth-order valence-corrected chi connectivity index (χ4v) is 3.95. The van der Waals surface area contributed by atoms with Crippen LogP contribution in [0.15, 0.2) is 39.6 Å². The highest BCUT2D eigenvalue weighted by molar-refractivity contribution is 6.22. The van der Waals surface area contributed by atoms with Crippen molar-refractivity contribution in [3.05, 3.63) is 40.7 Å². The van der Waals surface area contributed by atoms with Crippen LogP contribution < -0.4 is 10.6 Å². The molecule has 0 saturated carbocycles. The number of imide groups is 1. The molecule has 2 aliphatic heterocycles. The molecule has 8 heteroatoms. The van der Waals surface area contributed by atoms with Gasteiger partial charge in [-0.3, -0.25) is 14.4 Å². The molecule has 2 N–H and O–H groups in total. The van der Waals surface area contributed by atoms with Gasteiger partial charge in [-0.1, -0.05) is 6.07 Å². The van der Waals surface area contributed by atoms with Gasteiger partial charge in [0.2, 0.25) is 5.91 Å². The zero-order chi connectivity index (χ0) is 19.1. The third-order valence-electron chi connectivity index (χ3n) is 5.32. The number of hydrogen-bond donors (Lipinski definition) is 1. The van der Waals surface area contributed by atoms with Gasteiger partial charge in [0, 0.05) is 12.0 Å². The first-order chi connectivity index (χ1) is 13.0. The van der Waals surface area contributed by atoms with Gasteiger partial charge in [0.05, 0.1) is 24.2 Å². The average Bonchev–Trinajstić information content (AvgIpc) is 2.91. The van der Waals surface area contributed by atoms with Gasteiger partial charge in [0.15, 0.2) is 0 Å². The fourth-order valence-electron chi connectivity index (χ4n) is 3.95. The van der Waals surface area contributed by atoms with Crippen LogP contribution >= 0.6 is 0 Å². The summed E-state index contributed by atoms with van der Waals surface area (Å²) in [5, 5.41) is 7.90. The van der Waals surface area contributed by atoms with Crippen molar-refractivity contribution in [2.24, 2.45) is 16.0 Å². The average molecular weight is 370 g/mol. The van der Waals surface area contributed by atoms with Crippen molar-refractivity contribution in [3.8, 4) is 0 Å². The predicted molar refractivity (Wildman–Crippen MR) is 94.3 cm³/mol. The maximum atomic E-state index is 14.3. The van der Waals surface area contributed by atoms with Crippen molar-refractivity contribution in [2.75, 3.05) is 4.90 Å². The summed E-state index contributed by atoms with van der Waals surface area (Å²) in [5.41, 5.74) is 8.00. The molecule has 0 spiro atoms. The maximum absolute atomic E-state index is 14.3. The summed E-state index contributed by atoms with van der Waals surface area (Å²) in [6, 6.07) is 3.10. The minimum absolute atomic E-state index is 0.0860. The van der Waals surface area contributed by atoms with E-state index in [1.54, 1.807) is 6.07 Å². The fraction of sp³-hybridized carbons (Fsp3) is 0.421. The van der Waals surface area contributed by atoms with Crippen LogP contribution in [0.25, 0.3) is 0 Å². The number of amides is 3. The Morgan fingerprint density at radius 3 is 2.70 bits per heavy atom. The van der Waals surface area contributed by atoms with Crippen LogP contribution in [0, 0.1) is 5.82 Å². The van der Waals surface area contributed by atoms with E-state index in [9.17, 15) is 18.8 Å². The smallest absolute Gasteiger partial charge is 0.291 e. The molecule has 1 aliphatic carbocycles. The molecule has 140 valence electrons. The van der Waals surface area contributed by atoms with Crippen molar-refractivity contribution in [3.63, 3.8) is 0 Å². The standard InChI is InChI=1S/C19H19FN4O3/c20-13-6-5-10(8-16(13)24-17(25)9-14(21)19(24)27)7-15-11-3-1-2-4-12(11)18(26)23-22-15/h5-6,8,14-15H,1-4,7,9,21H2/t14-,15?/m0/s1. The number of carbonyl (C=O) groups excluding carboxylic acids is 3. The largest absolute Gasteiger partial charge is 0.319 e. The normalized spacial score (nSPS) is 25.4. The number of benzene rings is 1. The second-order valence-corrected chi connectivity index (χ2v) is 7.12. The Morgan fingerprint density at radius 1 is 1.19 bits per heavy atom.